The summed E-state index contributed by atoms with van der Waals surface area (Å²) in [6.07, 6.45) is 12.4. The minimum Gasteiger partial charge on any atom is -0.460 e. The van der Waals surface area contributed by atoms with Crippen LogP contribution in [-0.4, -0.2) is 17.0 Å². The van der Waals surface area contributed by atoms with E-state index in [1.54, 1.807) is 0 Å². The van der Waals surface area contributed by atoms with Gasteiger partial charge >= 0.3 is 5.97 Å². The second-order valence-corrected chi connectivity index (χ2v) is 17.0. The maximum atomic E-state index is 14.3. The third kappa shape index (κ3) is 5.54. The van der Waals surface area contributed by atoms with Gasteiger partial charge in [-0.05, 0) is 121 Å². The predicted octanol–water partition coefficient (Wildman–Crippen LogP) is 9.87. The van der Waals surface area contributed by atoms with E-state index in [0.717, 1.165) is 76.2 Å². The van der Waals surface area contributed by atoms with Crippen LogP contribution in [0.15, 0.2) is 42.0 Å². The Bertz CT molecular complexity index is 1300. The number of carbonyl (C=O) groups is 3. The molecule has 242 valence electrons. The molecule has 5 rings (SSSR count). The van der Waals surface area contributed by atoms with Crippen molar-refractivity contribution < 1.29 is 19.1 Å². The highest BCUT2D eigenvalue weighted by Crippen LogP contribution is 2.71. The highest BCUT2D eigenvalue weighted by molar-refractivity contribution is 6.64. The van der Waals surface area contributed by atoms with Gasteiger partial charge in [0.05, 0.1) is 5.41 Å². The number of esters is 1. The molecule has 0 unspecified atom stereocenters. The maximum Gasteiger partial charge on any atom is 0.312 e. The van der Waals surface area contributed by atoms with Crippen molar-refractivity contribution in [3.05, 3.63) is 47.5 Å². The number of carbonyl (C=O) groups excluding carboxylic acids is 3. The molecule has 5 heteroatoms. The summed E-state index contributed by atoms with van der Waals surface area (Å²) in [6.45, 7) is 16.2. The van der Waals surface area contributed by atoms with Gasteiger partial charge in [-0.15, -0.1) is 0 Å². The zero-order valence-corrected chi connectivity index (χ0v) is 29.0. The van der Waals surface area contributed by atoms with Gasteiger partial charge in [-0.25, -0.2) is 0 Å². The number of unbranched alkanes of at least 4 members (excludes halogenated alkanes) is 1. The predicted molar refractivity (Wildman–Crippen MR) is 177 cm³/mol. The van der Waals surface area contributed by atoms with Crippen LogP contribution in [0.4, 0.5) is 0 Å². The largest absolute Gasteiger partial charge is 0.460 e. The molecule has 0 aromatic heterocycles. The fraction of sp³-hybridized carbons (Fsp3) is 0.718. The smallest absolute Gasteiger partial charge is 0.312 e. The number of rotatable bonds is 9. The fourth-order valence-electron chi connectivity index (χ4n) is 10.1. The highest BCUT2D eigenvalue weighted by atomic mass is 35.5. The lowest BCUT2D eigenvalue weighted by atomic mass is 9.38. The quantitative estimate of drug-likeness (QED) is 0.203. The van der Waals surface area contributed by atoms with Crippen LogP contribution < -0.4 is 0 Å². The Labute approximate surface area is 271 Å². The van der Waals surface area contributed by atoms with Gasteiger partial charge in [-0.3, -0.25) is 14.4 Å². The van der Waals surface area contributed by atoms with Crippen LogP contribution in [0.1, 0.15) is 125 Å². The van der Waals surface area contributed by atoms with E-state index in [2.05, 4.69) is 48.5 Å². The van der Waals surface area contributed by atoms with Gasteiger partial charge in [0.2, 0.25) is 5.24 Å². The molecule has 0 bridgehead atoms. The Balaban J connectivity index is 1.41. The molecular weight excluding hydrogens is 568 g/mol. The Kier molecular flexibility index (Phi) is 9.13. The first-order valence-corrected chi connectivity index (χ1v) is 17.7. The number of hydrogen-bond donors (Lipinski definition) is 0. The van der Waals surface area contributed by atoms with Gasteiger partial charge in [0.1, 0.15) is 6.61 Å². The van der Waals surface area contributed by atoms with Gasteiger partial charge < -0.3 is 4.74 Å². The van der Waals surface area contributed by atoms with Crippen LogP contribution in [0.2, 0.25) is 0 Å². The molecule has 0 spiro atoms. The van der Waals surface area contributed by atoms with Crippen molar-refractivity contribution in [2.45, 2.75) is 126 Å². The molecule has 0 aliphatic heterocycles. The molecular formula is C39H55ClO4. The maximum absolute atomic E-state index is 14.3. The molecule has 0 radical (unpaired) electrons. The van der Waals surface area contributed by atoms with E-state index in [9.17, 15) is 14.4 Å². The number of fused-ring (bicyclic) bond motifs is 5. The van der Waals surface area contributed by atoms with Crippen molar-refractivity contribution in [1.82, 2.24) is 0 Å². The number of hydrogen-bond acceptors (Lipinski definition) is 4. The summed E-state index contributed by atoms with van der Waals surface area (Å²) in [5.74, 6) is 0.367. The minimum absolute atomic E-state index is 0.0540. The Morgan fingerprint density at radius 1 is 1.00 bits per heavy atom. The zero-order chi connectivity index (χ0) is 32.1. The first-order valence-electron chi connectivity index (χ1n) is 17.3. The first kappa shape index (κ1) is 33.4. The van der Waals surface area contributed by atoms with Gasteiger partial charge in [-0.1, -0.05) is 90.3 Å². The standard InChI is InChI=1S/C39H55ClO4/c1-8-9-15-28(33(40)42)35(2,3)27-16-17-38(6)30(22-27)32(41)23-29-31-24-37(5,19-18-36(31,4)20-21-39(29,38)7)34(43)44-25-26-13-11-10-12-14-26/h10-14,23,27-28,30-31H,8-9,15-22,24-25H2,1-7H3/t27-,28-,30+,31+,36-,37+,38-,39-/m1/s1. The van der Waals surface area contributed by atoms with Gasteiger partial charge in [0, 0.05) is 11.8 Å². The van der Waals surface area contributed by atoms with Crippen molar-refractivity contribution in [3.63, 3.8) is 0 Å². The van der Waals surface area contributed by atoms with E-state index >= 15 is 0 Å². The Morgan fingerprint density at radius 2 is 1.68 bits per heavy atom. The molecule has 4 aliphatic rings. The van der Waals surface area contributed by atoms with Crippen LogP contribution in [0.3, 0.4) is 0 Å². The van der Waals surface area contributed by atoms with Crippen molar-refractivity contribution in [2.24, 2.45) is 50.7 Å². The molecule has 3 saturated carbocycles. The summed E-state index contributed by atoms with van der Waals surface area (Å²) >= 11 is 6.22. The number of allylic oxidation sites excluding steroid dienone is 2. The minimum atomic E-state index is -0.567. The lowest BCUT2D eigenvalue weighted by molar-refractivity contribution is -0.164. The third-order valence-corrected chi connectivity index (χ3v) is 14.2. The SMILES string of the molecule is CCCC[C@H](C(=O)Cl)C(C)(C)[C@@H]1CC[C@]2(C)[C@@H](C1)C(=O)C=C1[C@@H]3C[C@@](C)(C(=O)OCc4ccccc4)CC[C@]3(C)CC[C@]12C. The van der Waals surface area contributed by atoms with Crippen LogP contribution in [-0.2, 0) is 25.7 Å². The number of benzene rings is 1. The molecule has 8 atom stereocenters. The number of halogens is 1. The normalized spacial score (nSPS) is 37.6. The molecule has 44 heavy (non-hydrogen) atoms. The fourth-order valence-corrected chi connectivity index (χ4v) is 10.5. The molecule has 0 N–H and O–H groups in total. The van der Waals surface area contributed by atoms with E-state index in [4.69, 9.17) is 16.3 Å². The van der Waals surface area contributed by atoms with Crippen LogP contribution >= 0.6 is 11.6 Å². The van der Waals surface area contributed by atoms with Crippen molar-refractivity contribution in [2.75, 3.05) is 0 Å². The summed E-state index contributed by atoms with van der Waals surface area (Å²) in [5, 5.41) is -0.227. The topological polar surface area (TPSA) is 60.4 Å². The molecule has 0 saturated heterocycles. The Hall–Kier alpha value is -1.94. The third-order valence-electron chi connectivity index (χ3n) is 13.9. The van der Waals surface area contributed by atoms with E-state index in [1.807, 2.05) is 36.4 Å². The molecule has 0 amide bonds. The van der Waals surface area contributed by atoms with Crippen LogP contribution in [0.5, 0.6) is 0 Å². The second kappa shape index (κ2) is 12.0. The summed E-state index contributed by atoms with van der Waals surface area (Å²) < 4.78 is 5.92. The van der Waals surface area contributed by atoms with E-state index in [-0.39, 0.29) is 62.3 Å². The Morgan fingerprint density at radius 3 is 2.34 bits per heavy atom. The van der Waals surface area contributed by atoms with Crippen molar-refractivity contribution in [3.8, 4) is 0 Å². The number of ketones is 1. The van der Waals surface area contributed by atoms with Gasteiger partial charge in [0.25, 0.3) is 0 Å². The summed E-state index contributed by atoms with van der Waals surface area (Å²) in [6, 6.07) is 9.89. The van der Waals surface area contributed by atoms with Crippen molar-refractivity contribution in [1.29, 1.82) is 0 Å². The lowest BCUT2D eigenvalue weighted by Gasteiger charge is -2.65. The first-order chi connectivity index (χ1) is 20.6. The van der Waals surface area contributed by atoms with E-state index in [1.165, 1.54) is 5.57 Å². The molecule has 0 heterocycles. The summed E-state index contributed by atoms with van der Waals surface area (Å²) in [5.41, 5.74) is 1.32. The molecule has 4 aliphatic carbocycles. The molecule has 1 aromatic carbocycles. The molecule has 3 fully saturated rings. The molecule has 1 aromatic rings. The highest BCUT2D eigenvalue weighted by Gasteiger charge is 2.65. The monoisotopic (exact) mass is 622 g/mol. The summed E-state index contributed by atoms with van der Waals surface area (Å²) in [7, 11) is 0. The summed E-state index contributed by atoms with van der Waals surface area (Å²) in [4.78, 5) is 40.5. The van der Waals surface area contributed by atoms with Crippen LogP contribution in [0.25, 0.3) is 0 Å². The molecule has 4 nitrogen and oxygen atoms in total. The van der Waals surface area contributed by atoms with Gasteiger partial charge in [-0.2, -0.15) is 0 Å². The average molecular weight is 623 g/mol. The second-order valence-electron chi connectivity index (χ2n) is 16.6. The average Bonchev–Trinajstić information content (AvgIpc) is 2.98. The van der Waals surface area contributed by atoms with E-state index < -0.39 is 5.41 Å². The van der Waals surface area contributed by atoms with Gasteiger partial charge in [0.15, 0.2) is 5.78 Å². The van der Waals surface area contributed by atoms with E-state index in [0.29, 0.717) is 6.61 Å². The number of ether oxygens (including phenoxy) is 1. The van der Waals surface area contributed by atoms with Crippen LogP contribution in [0, 0.1) is 50.7 Å². The lowest BCUT2D eigenvalue weighted by Crippen LogP contribution is -2.60. The van der Waals surface area contributed by atoms with Crippen molar-refractivity contribution >= 4 is 28.6 Å². The zero-order valence-electron chi connectivity index (χ0n) is 28.3.